The fourth-order valence-corrected chi connectivity index (χ4v) is 3.39. The smallest absolute Gasteiger partial charge is 0.222 e. The molecule has 6 heteroatoms. The normalized spacial score (nSPS) is 17.4. The predicted octanol–water partition coefficient (Wildman–Crippen LogP) is 3.20. The number of carbonyl (C=O) groups excluding carboxylic acids is 1. The lowest BCUT2D eigenvalue weighted by Crippen LogP contribution is -2.38. The lowest BCUT2D eigenvalue weighted by molar-refractivity contribution is -0.134. The van der Waals surface area contributed by atoms with Gasteiger partial charge in [0.2, 0.25) is 11.9 Å². The Labute approximate surface area is 148 Å². The third kappa shape index (κ3) is 3.57. The van der Waals surface area contributed by atoms with Gasteiger partial charge < -0.3 is 15.4 Å². The Morgan fingerprint density at radius 2 is 2.24 bits per heavy atom. The summed E-state index contributed by atoms with van der Waals surface area (Å²) in [6.45, 7) is 2.66. The van der Waals surface area contributed by atoms with Crippen molar-refractivity contribution in [2.45, 2.75) is 38.6 Å². The van der Waals surface area contributed by atoms with Crippen molar-refractivity contribution in [3.8, 4) is 16.9 Å². The molecule has 2 N–H and O–H groups in total. The summed E-state index contributed by atoms with van der Waals surface area (Å²) in [6.07, 6.45) is 5.22. The SMILES string of the molecule is CCC(=O)N1CCCC[C@H]1c1nc(N)ncc1-c1cccc(OC)c1. The van der Waals surface area contributed by atoms with Crippen molar-refractivity contribution in [1.82, 2.24) is 14.9 Å². The van der Waals surface area contributed by atoms with Gasteiger partial charge in [-0.05, 0) is 37.0 Å². The van der Waals surface area contributed by atoms with E-state index in [1.54, 1.807) is 13.3 Å². The number of nitrogens with two attached hydrogens (primary N) is 1. The molecule has 1 amide bonds. The van der Waals surface area contributed by atoms with E-state index in [0.717, 1.165) is 48.4 Å². The van der Waals surface area contributed by atoms with Gasteiger partial charge in [-0.2, -0.15) is 0 Å². The molecular weight excluding hydrogens is 316 g/mol. The van der Waals surface area contributed by atoms with E-state index in [9.17, 15) is 4.79 Å². The van der Waals surface area contributed by atoms with Crippen LogP contribution in [0.2, 0.25) is 0 Å². The van der Waals surface area contributed by atoms with Gasteiger partial charge >= 0.3 is 0 Å². The highest BCUT2D eigenvalue weighted by atomic mass is 16.5. The molecule has 132 valence electrons. The predicted molar refractivity (Wildman–Crippen MR) is 97.0 cm³/mol. The summed E-state index contributed by atoms with van der Waals surface area (Å²) in [5.74, 6) is 1.15. The van der Waals surface area contributed by atoms with Crippen molar-refractivity contribution in [1.29, 1.82) is 0 Å². The molecule has 6 nitrogen and oxygen atoms in total. The Balaban J connectivity index is 2.08. The molecule has 1 aliphatic rings. The molecule has 0 bridgehead atoms. The quantitative estimate of drug-likeness (QED) is 0.924. The molecular formula is C19H24N4O2. The Morgan fingerprint density at radius 1 is 1.40 bits per heavy atom. The number of hydrogen-bond donors (Lipinski definition) is 1. The minimum Gasteiger partial charge on any atom is -0.497 e. The van der Waals surface area contributed by atoms with Crippen LogP contribution in [0.3, 0.4) is 0 Å². The van der Waals surface area contributed by atoms with Crippen molar-refractivity contribution in [2.75, 3.05) is 19.4 Å². The van der Waals surface area contributed by atoms with E-state index in [4.69, 9.17) is 10.5 Å². The van der Waals surface area contributed by atoms with E-state index in [-0.39, 0.29) is 17.9 Å². The van der Waals surface area contributed by atoms with E-state index in [1.807, 2.05) is 36.1 Å². The van der Waals surface area contributed by atoms with Crippen molar-refractivity contribution in [2.24, 2.45) is 0 Å². The first kappa shape index (κ1) is 17.2. The van der Waals surface area contributed by atoms with Crippen LogP contribution in [0.25, 0.3) is 11.1 Å². The first-order valence-corrected chi connectivity index (χ1v) is 8.70. The highest BCUT2D eigenvalue weighted by Gasteiger charge is 2.30. The highest BCUT2D eigenvalue weighted by molar-refractivity contribution is 5.77. The molecule has 1 aliphatic heterocycles. The first-order chi connectivity index (χ1) is 12.1. The summed E-state index contributed by atoms with van der Waals surface area (Å²) in [7, 11) is 1.64. The molecule has 0 radical (unpaired) electrons. The summed E-state index contributed by atoms with van der Waals surface area (Å²) in [5, 5.41) is 0. The van der Waals surface area contributed by atoms with Crippen molar-refractivity contribution in [3.63, 3.8) is 0 Å². The van der Waals surface area contributed by atoms with E-state index < -0.39 is 0 Å². The summed E-state index contributed by atoms with van der Waals surface area (Å²) in [6, 6.07) is 7.72. The molecule has 1 atom stereocenters. The molecule has 1 aromatic carbocycles. The number of ether oxygens (including phenoxy) is 1. The number of hydrogen-bond acceptors (Lipinski definition) is 5. The Bertz CT molecular complexity index is 763. The Kier molecular flexibility index (Phi) is 5.16. The van der Waals surface area contributed by atoms with E-state index in [0.29, 0.717) is 6.42 Å². The molecule has 0 saturated carbocycles. The van der Waals surface area contributed by atoms with Crippen LogP contribution < -0.4 is 10.5 Å². The first-order valence-electron chi connectivity index (χ1n) is 8.70. The number of rotatable bonds is 4. The number of piperidine rings is 1. The summed E-state index contributed by atoms with van der Waals surface area (Å²) < 4.78 is 5.33. The van der Waals surface area contributed by atoms with Crippen LogP contribution in [-0.4, -0.2) is 34.4 Å². The van der Waals surface area contributed by atoms with E-state index >= 15 is 0 Å². The van der Waals surface area contributed by atoms with Gasteiger partial charge in [0.15, 0.2) is 0 Å². The molecule has 0 spiro atoms. The number of anilines is 1. The van der Waals surface area contributed by atoms with Gasteiger partial charge in [0.05, 0.1) is 18.8 Å². The van der Waals surface area contributed by atoms with Gasteiger partial charge in [0, 0.05) is 24.7 Å². The molecule has 2 aromatic rings. The molecule has 2 heterocycles. The third-order valence-corrected chi connectivity index (χ3v) is 4.66. The zero-order valence-corrected chi connectivity index (χ0v) is 14.7. The number of nitrogens with zero attached hydrogens (tertiary/aromatic N) is 3. The Hall–Kier alpha value is -2.63. The average Bonchev–Trinajstić information content (AvgIpc) is 2.67. The van der Waals surface area contributed by atoms with Gasteiger partial charge in [-0.15, -0.1) is 0 Å². The summed E-state index contributed by atoms with van der Waals surface area (Å²) in [4.78, 5) is 23.1. The third-order valence-electron chi connectivity index (χ3n) is 4.66. The van der Waals surface area contributed by atoms with Gasteiger partial charge in [-0.25, -0.2) is 9.97 Å². The number of methoxy groups -OCH3 is 1. The van der Waals surface area contributed by atoms with Crippen LogP contribution in [0.1, 0.15) is 44.3 Å². The topological polar surface area (TPSA) is 81.3 Å². The standard InChI is InChI=1S/C19H24N4O2/c1-3-17(24)23-10-5-4-9-16(23)18-15(12-21-19(20)22-18)13-7-6-8-14(11-13)25-2/h6-8,11-12,16H,3-5,9-10H2,1-2H3,(H2,20,21,22)/t16-/m0/s1. The average molecular weight is 340 g/mol. The largest absolute Gasteiger partial charge is 0.497 e. The second-order valence-corrected chi connectivity index (χ2v) is 6.21. The van der Waals surface area contributed by atoms with Crippen LogP contribution in [0.15, 0.2) is 30.5 Å². The summed E-state index contributed by atoms with van der Waals surface area (Å²) >= 11 is 0. The number of amides is 1. The van der Waals surface area contributed by atoms with Crippen LogP contribution in [0.4, 0.5) is 5.95 Å². The number of likely N-dealkylation sites (tertiary alicyclic amines) is 1. The highest BCUT2D eigenvalue weighted by Crippen LogP contribution is 2.36. The monoisotopic (exact) mass is 340 g/mol. The van der Waals surface area contributed by atoms with Crippen molar-refractivity contribution in [3.05, 3.63) is 36.2 Å². The molecule has 1 aromatic heterocycles. The minimum atomic E-state index is -0.0623. The zero-order valence-electron chi connectivity index (χ0n) is 14.7. The lowest BCUT2D eigenvalue weighted by Gasteiger charge is -2.36. The van der Waals surface area contributed by atoms with Gasteiger partial charge in [0.1, 0.15) is 5.75 Å². The van der Waals surface area contributed by atoms with E-state index in [2.05, 4.69) is 9.97 Å². The van der Waals surface area contributed by atoms with Crippen molar-refractivity contribution < 1.29 is 9.53 Å². The number of benzene rings is 1. The van der Waals surface area contributed by atoms with Crippen LogP contribution >= 0.6 is 0 Å². The van der Waals surface area contributed by atoms with Gasteiger partial charge in [0.25, 0.3) is 0 Å². The molecule has 1 saturated heterocycles. The fourth-order valence-electron chi connectivity index (χ4n) is 3.39. The molecule has 0 unspecified atom stereocenters. The molecule has 3 rings (SSSR count). The molecule has 25 heavy (non-hydrogen) atoms. The second kappa shape index (κ2) is 7.51. The maximum atomic E-state index is 12.4. The molecule has 1 fully saturated rings. The number of aromatic nitrogens is 2. The van der Waals surface area contributed by atoms with Crippen molar-refractivity contribution >= 4 is 11.9 Å². The van der Waals surface area contributed by atoms with Crippen LogP contribution in [0.5, 0.6) is 5.75 Å². The lowest BCUT2D eigenvalue weighted by atomic mass is 9.93. The maximum absolute atomic E-state index is 12.4. The molecule has 0 aliphatic carbocycles. The van der Waals surface area contributed by atoms with E-state index in [1.165, 1.54) is 0 Å². The van der Waals surface area contributed by atoms with Crippen LogP contribution in [0, 0.1) is 0 Å². The van der Waals surface area contributed by atoms with Gasteiger partial charge in [-0.1, -0.05) is 19.1 Å². The summed E-state index contributed by atoms with van der Waals surface area (Å²) in [5.41, 5.74) is 8.55. The minimum absolute atomic E-state index is 0.0623. The fraction of sp³-hybridized carbons (Fsp3) is 0.421. The van der Waals surface area contributed by atoms with Gasteiger partial charge in [-0.3, -0.25) is 4.79 Å². The number of nitrogen functional groups attached to an aromatic ring is 1. The Morgan fingerprint density at radius 3 is 3.00 bits per heavy atom. The maximum Gasteiger partial charge on any atom is 0.222 e. The van der Waals surface area contributed by atoms with Crippen LogP contribution in [-0.2, 0) is 4.79 Å². The number of carbonyl (C=O) groups is 1. The zero-order chi connectivity index (χ0) is 17.8. The second-order valence-electron chi connectivity index (χ2n) is 6.21.